The molecule has 1 fully saturated rings. The zero-order valence-corrected chi connectivity index (χ0v) is 19.7. The van der Waals surface area contributed by atoms with E-state index in [0.29, 0.717) is 12.3 Å². The van der Waals surface area contributed by atoms with E-state index in [4.69, 9.17) is 4.74 Å². The van der Waals surface area contributed by atoms with E-state index in [0.717, 1.165) is 62.9 Å². The van der Waals surface area contributed by atoms with Crippen LogP contribution in [0, 0.1) is 22.7 Å². The molecule has 33 heavy (non-hydrogen) atoms. The standard InChI is InChI=1S/C29H35N3O/c1-33-26-12-13-28-27(21-26)24(14-20-32-28)10-5-11-25-15-19-31-22-29(25,17-18-30)16-6-9-23-7-3-2-4-8-23/h2-4,7-8,12-14,20-21,25,31H,5-6,9-11,15-17,19,22H2,1H3. The lowest BCUT2D eigenvalue weighted by molar-refractivity contribution is 0.0920. The molecule has 4 rings (SSSR count). The first-order valence-electron chi connectivity index (χ1n) is 12.3. The maximum atomic E-state index is 9.69. The monoisotopic (exact) mass is 441 g/mol. The number of piperidine rings is 1. The van der Waals surface area contributed by atoms with Crippen molar-refractivity contribution in [2.24, 2.45) is 11.3 Å². The summed E-state index contributed by atoms with van der Waals surface area (Å²) in [5.41, 5.74) is 3.84. The number of aryl methyl sites for hydroxylation is 2. The lowest BCUT2D eigenvalue weighted by Gasteiger charge is -2.44. The van der Waals surface area contributed by atoms with E-state index in [1.165, 1.54) is 22.9 Å². The average Bonchev–Trinajstić information content (AvgIpc) is 2.86. The van der Waals surface area contributed by atoms with Gasteiger partial charge < -0.3 is 10.1 Å². The van der Waals surface area contributed by atoms with Crippen LogP contribution in [0.4, 0.5) is 0 Å². The van der Waals surface area contributed by atoms with Crippen LogP contribution in [0.1, 0.15) is 49.7 Å². The summed E-state index contributed by atoms with van der Waals surface area (Å²) < 4.78 is 5.44. The molecule has 2 unspecified atom stereocenters. The Morgan fingerprint density at radius 2 is 2.00 bits per heavy atom. The van der Waals surface area contributed by atoms with Gasteiger partial charge in [-0.25, -0.2) is 0 Å². The van der Waals surface area contributed by atoms with E-state index >= 15 is 0 Å². The molecule has 2 aromatic carbocycles. The van der Waals surface area contributed by atoms with Crippen LogP contribution in [0.3, 0.4) is 0 Å². The molecule has 1 aromatic heterocycles. The number of hydrogen-bond donors (Lipinski definition) is 1. The number of rotatable bonds is 10. The predicted octanol–water partition coefficient (Wildman–Crippen LogP) is 6.10. The summed E-state index contributed by atoms with van der Waals surface area (Å²) in [6.45, 7) is 2.03. The maximum absolute atomic E-state index is 9.69. The van der Waals surface area contributed by atoms with Crippen molar-refractivity contribution in [1.82, 2.24) is 10.3 Å². The van der Waals surface area contributed by atoms with Gasteiger partial charge in [-0.3, -0.25) is 4.98 Å². The highest BCUT2D eigenvalue weighted by Gasteiger charge is 2.39. The van der Waals surface area contributed by atoms with Crippen LogP contribution in [0.25, 0.3) is 10.9 Å². The number of nitrogens with zero attached hydrogens (tertiary/aromatic N) is 2. The zero-order valence-electron chi connectivity index (χ0n) is 19.7. The van der Waals surface area contributed by atoms with Crippen molar-refractivity contribution < 1.29 is 4.74 Å². The van der Waals surface area contributed by atoms with Crippen LogP contribution in [0.2, 0.25) is 0 Å². The van der Waals surface area contributed by atoms with Gasteiger partial charge in [0.15, 0.2) is 0 Å². The Labute approximate surface area is 198 Å². The second kappa shape index (κ2) is 11.3. The molecule has 172 valence electrons. The highest BCUT2D eigenvalue weighted by Crippen LogP contribution is 2.43. The Balaban J connectivity index is 1.42. The lowest BCUT2D eigenvalue weighted by atomic mass is 9.65. The van der Waals surface area contributed by atoms with Crippen LogP contribution >= 0.6 is 0 Å². The molecule has 3 aromatic rings. The quantitative estimate of drug-likeness (QED) is 0.413. The number of fused-ring (bicyclic) bond motifs is 1. The zero-order chi connectivity index (χ0) is 22.9. The number of benzene rings is 2. The first-order valence-corrected chi connectivity index (χ1v) is 12.3. The largest absolute Gasteiger partial charge is 0.497 e. The Morgan fingerprint density at radius 3 is 2.82 bits per heavy atom. The van der Waals surface area contributed by atoms with E-state index in [-0.39, 0.29) is 5.41 Å². The molecule has 2 atom stereocenters. The van der Waals surface area contributed by atoms with Crippen molar-refractivity contribution in [3.63, 3.8) is 0 Å². The summed E-state index contributed by atoms with van der Waals surface area (Å²) in [7, 11) is 1.71. The smallest absolute Gasteiger partial charge is 0.119 e. The lowest BCUT2D eigenvalue weighted by Crippen LogP contribution is -2.46. The summed E-state index contributed by atoms with van der Waals surface area (Å²) in [4.78, 5) is 4.52. The van der Waals surface area contributed by atoms with Gasteiger partial charge in [0.05, 0.1) is 18.7 Å². The molecule has 0 radical (unpaired) electrons. The van der Waals surface area contributed by atoms with Gasteiger partial charge in [0, 0.05) is 24.5 Å². The number of nitrogens with one attached hydrogen (secondary N) is 1. The van der Waals surface area contributed by atoms with E-state index < -0.39 is 0 Å². The molecule has 1 aliphatic rings. The van der Waals surface area contributed by atoms with Gasteiger partial charge in [-0.15, -0.1) is 0 Å². The second-order valence-electron chi connectivity index (χ2n) is 9.44. The van der Waals surface area contributed by atoms with Gasteiger partial charge in [-0.1, -0.05) is 30.3 Å². The van der Waals surface area contributed by atoms with Crippen molar-refractivity contribution in [3.8, 4) is 11.8 Å². The van der Waals surface area contributed by atoms with Crippen molar-refractivity contribution in [3.05, 3.63) is 71.9 Å². The Morgan fingerprint density at radius 1 is 1.12 bits per heavy atom. The van der Waals surface area contributed by atoms with Crippen LogP contribution in [0.15, 0.2) is 60.8 Å². The molecule has 1 aliphatic heterocycles. The first-order chi connectivity index (χ1) is 16.2. The number of methoxy groups -OCH3 is 1. The fourth-order valence-electron chi connectivity index (χ4n) is 5.62. The third-order valence-corrected chi connectivity index (χ3v) is 7.46. The third kappa shape index (κ3) is 5.72. The van der Waals surface area contributed by atoms with Crippen LogP contribution in [-0.2, 0) is 12.8 Å². The minimum Gasteiger partial charge on any atom is -0.497 e. The Kier molecular flexibility index (Phi) is 7.96. The molecular weight excluding hydrogens is 406 g/mol. The van der Waals surface area contributed by atoms with Gasteiger partial charge in [0.2, 0.25) is 0 Å². The molecule has 0 saturated carbocycles. The molecule has 2 heterocycles. The molecule has 1 saturated heterocycles. The molecule has 4 nitrogen and oxygen atoms in total. The summed E-state index contributed by atoms with van der Waals surface area (Å²) in [5, 5.41) is 14.5. The number of hydrogen-bond acceptors (Lipinski definition) is 4. The molecule has 0 amide bonds. The topological polar surface area (TPSA) is 57.9 Å². The van der Waals surface area contributed by atoms with Crippen LogP contribution in [0.5, 0.6) is 5.75 Å². The van der Waals surface area contributed by atoms with E-state index in [2.05, 4.69) is 58.8 Å². The summed E-state index contributed by atoms with van der Waals surface area (Å²) in [5.74, 6) is 1.47. The van der Waals surface area contributed by atoms with E-state index in [1.807, 2.05) is 18.3 Å². The van der Waals surface area contributed by atoms with Crippen molar-refractivity contribution in [2.45, 2.75) is 51.4 Å². The summed E-state index contributed by atoms with van der Waals surface area (Å²) in [6.07, 6.45) is 10.4. The van der Waals surface area contributed by atoms with Crippen molar-refractivity contribution in [2.75, 3.05) is 20.2 Å². The highest BCUT2D eigenvalue weighted by atomic mass is 16.5. The van der Waals surface area contributed by atoms with Crippen LogP contribution in [-0.4, -0.2) is 25.2 Å². The van der Waals surface area contributed by atoms with E-state index in [9.17, 15) is 5.26 Å². The Hall–Kier alpha value is -2.90. The maximum Gasteiger partial charge on any atom is 0.119 e. The van der Waals surface area contributed by atoms with E-state index in [1.54, 1.807) is 7.11 Å². The van der Waals surface area contributed by atoms with Gasteiger partial charge in [0.25, 0.3) is 0 Å². The number of aromatic nitrogens is 1. The fourth-order valence-corrected chi connectivity index (χ4v) is 5.62. The average molecular weight is 442 g/mol. The minimum atomic E-state index is 0.0886. The normalized spacial score (nSPS) is 20.4. The SMILES string of the molecule is COc1ccc2nccc(CCCC3CCNCC3(CC#N)CCCc3ccccc3)c2c1. The molecule has 0 spiro atoms. The molecule has 0 bridgehead atoms. The summed E-state index contributed by atoms with van der Waals surface area (Å²) in [6, 6.07) is 21.5. The van der Waals surface area contributed by atoms with Gasteiger partial charge in [-0.2, -0.15) is 5.26 Å². The number of nitriles is 1. The van der Waals surface area contributed by atoms with Gasteiger partial charge in [0.1, 0.15) is 5.75 Å². The Bertz CT molecular complexity index is 1080. The summed E-state index contributed by atoms with van der Waals surface area (Å²) >= 11 is 0. The highest BCUT2D eigenvalue weighted by molar-refractivity contribution is 5.83. The predicted molar refractivity (Wildman–Crippen MR) is 134 cm³/mol. The molecule has 0 aliphatic carbocycles. The minimum absolute atomic E-state index is 0.0886. The first kappa shape index (κ1) is 23.3. The molecule has 4 heteroatoms. The molecular formula is C29H35N3O. The van der Waals surface area contributed by atoms with Crippen molar-refractivity contribution in [1.29, 1.82) is 5.26 Å². The molecule has 1 N–H and O–H groups in total. The third-order valence-electron chi connectivity index (χ3n) is 7.46. The number of pyridine rings is 1. The number of ether oxygens (including phenoxy) is 1. The van der Waals surface area contributed by atoms with Crippen LogP contribution < -0.4 is 10.1 Å². The fraction of sp³-hybridized carbons (Fsp3) is 0.448. The van der Waals surface area contributed by atoms with Gasteiger partial charge >= 0.3 is 0 Å². The second-order valence-corrected chi connectivity index (χ2v) is 9.44. The van der Waals surface area contributed by atoms with Gasteiger partial charge in [-0.05, 0) is 98.2 Å². The van der Waals surface area contributed by atoms with Crippen molar-refractivity contribution >= 4 is 10.9 Å².